The van der Waals surface area contributed by atoms with Crippen LogP contribution in [-0.2, 0) is 5.41 Å². The van der Waals surface area contributed by atoms with Gasteiger partial charge in [0, 0.05) is 11.3 Å². The molecule has 2 atom stereocenters. The zero-order valence-corrected chi connectivity index (χ0v) is 11.5. The van der Waals surface area contributed by atoms with E-state index in [2.05, 4.69) is 50.9 Å². The Morgan fingerprint density at radius 2 is 1.76 bits per heavy atom. The van der Waals surface area contributed by atoms with Crippen molar-refractivity contribution in [2.45, 2.75) is 64.7 Å². The molecule has 17 heavy (non-hydrogen) atoms. The van der Waals surface area contributed by atoms with Crippen LogP contribution in [0.3, 0.4) is 0 Å². The highest BCUT2D eigenvalue weighted by Gasteiger charge is 2.52. The molecule has 1 saturated carbocycles. The summed E-state index contributed by atoms with van der Waals surface area (Å²) in [6, 6.07) is 2.33. The Kier molecular flexibility index (Phi) is 2.04. The Morgan fingerprint density at radius 3 is 2.41 bits per heavy atom. The lowest BCUT2D eigenvalue weighted by molar-refractivity contribution is 0.323. The molecule has 2 nitrogen and oxygen atoms in total. The van der Waals surface area contributed by atoms with Gasteiger partial charge in [0.15, 0.2) is 0 Å². The van der Waals surface area contributed by atoms with Crippen molar-refractivity contribution in [3.8, 4) is 0 Å². The molecule has 2 aliphatic carbocycles. The van der Waals surface area contributed by atoms with Crippen LogP contribution in [0, 0.1) is 5.41 Å². The summed E-state index contributed by atoms with van der Waals surface area (Å²) in [4.78, 5) is 0. The van der Waals surface area contributed by atoms with Crippen LogP contribution >= 0.6 is 0 Å². The van der Waals surface area contributed by atoms with E-state index in [1.54, 1.807) is 0 Å². The predicted molar refractivity (Wildman–Crippen MR) is 69.2 cm³/mol. The molecule has 1 unspecified atom stereocenters. The van der Waals surface area contributed by atoms with Gasteiger partial charge in [-0.15, -0.1) is 0 Å². The second-order valence-electron chi connectivity index (χ2n) is 7.32. The fraction of sp³-hybridized carbons (Fsp3) is 0.733. The van der Waals surface area contributed by atoms with Crippen LogP contribution in [0.2, 0.25) is 0 Å². The Hall–Kier alpha value is -0.920. The smallest absolute Gasteiger partial charge is 0.0702 e. The van der Waals surface area contributed by atoms with E-state index < -0.39 is 0 Å². The molecule has 3 rings (SSSR count). The fourth-order valence-electron chi connectivity index (χ4n) is 3.70. The molecule has 0 N–H and O–H groups in total. The van der Waals surface area contributed by atoms with Crippen molar-refractivity contribution in [2.24, 2.45) is 5.41 Å². The molecule has 0 aliphatic heterocycles. The van der Waals surface area contributed by atoms with Crippen LogP contribution in [-0.4, -0.2) is 10.2 Å². The number of nitrogens with zero attached hydrogens (tertiary/aromatic N) is 2. The summed E-state index contributed by atoms with van der Waals surface area (Å²) < 4.78 is 0. The monoisotopic (exact) mass is 230 g/mol. The highest BCUT2D eigenvalue weighted by Crippen LogP contribution is 2.63. The van der Waals surface area contributed by atoms with Crippen molar-refractivity contribution < 1.29 is 0 Å². The minimum absolute atomic E-state index is 0.105. The third-order valence-electron chi connectivity index (χ3n) is 4.87. The molecule has 0 amide bonds. The van der Waals surface area contributed by atoms with Gasteiger partial charge in [0.25, 0.3) is 0 Å². The van der Waals surface area contributed by atoms with Gasteiger partial charge in [0.2, 0.25) is 0 Å². The van der Waals surface area contributed by atoms with E-state index in [1.165, 1.54) is 24.1 Å². The van der Waals surface area contributed by atoms with Gasteiger partial charge in [-0.05, 0) is 35.8 Å². The Labute approximate surface area is 104 Å². The lowest BCUT2D eigenvalue weighted by atomic mass is 9.80. The minimum Gasteiger partial charge on any atom is -0.155 e. The van der Waals surface area contributed by atoms with E-state index in [9.17, 15) is 0 Å². The number of aromatic nitrogens is 2. The molecule has 1 fully saturated rings. The van der Waals surface area contributed by atoms with Gasteiger partial charge in [0.1, 0.15) is 0 Å². The van der Waals surface area contributed by atoms with Crippen molar-refractivity contribution in [3.05, 3.63) is 23.0 Å². The van der Waals surface area contributed by atoms with Crippen LogP contribution in [0.15, 0.2) is 6.07 Å². The van der Waals surface area contributed by atoms with Gasteiger partial charge in [0.05, 0.1) is 11.4 Å². The van der Waals surface area contributed by atoms with E-state index in [0.29, 0.717) is 17.3 Å². The van der Waals surface area contributed by atoms with Crippen LogP contribution in [0.5, 0.6) is 0 Å². The summed E-state index contributed by atoms with van der Waals surface area (Å²) in [5.41, 5.74) is 4.42. The highest BCUT2D eigenvalue weighted by atomic mass is 15.1. The molecule has 1 heterocycles. The third-order valence-corrected chi connectivity index (χ3v) is 4.87. The van der Waals surface area contributed by atoms with Crippen molar-refractivity contribution in [2.75, 3.05) is 0 Å². The van der Waals surface area contributed by atoms with Crippen molar-refractivity contribution in [3.63, 3.8) is 0 Å². The predicted octanol–water partition coefficient (Wildman–Crippen LogP) is 3.77. The van der Waals surface area contributed by atoms with Gasteiger partial charge < -0.3 is 0 Å². The van der Waals surface area contributed by atoms with E-state index in [-0.39, 0.29) is 5.41 Å². The van der Waals surface area contributed by atoms with E-state index in [0.717, 1.165) is 5.69 Å². The van der Waals surface area contributed by atoms with Crippen LogP contribution in [0.4, 0.5) is 0 Å². The lowest BCUT2D eigenvalue weighted by Crippen LogP contribution is -2.16. The average Bonchev–Trinajstić information content (AvgIpc) is 2.64. The average molecular weight is 230 g/mol. The SMILES string of the molecule is CC(C)(C)c1cc2c(nn1)[C@@H]1CCC2C1(C)C. The van der Waals surface area contributed by atoms with Crippen LogP contribution in [0.1, 0.15) is 76.2 Å². The molecule has 1 aromatic rings. The molecule has 1 aromatic heterocycles. The van der Waals surface area contributed by atoms with Crippen molar-refractivity contribution in [1.29, 1.82) is 0 Å². The molecular weight excluding hydrogens is 208 g/mol. The maximum absolute atomic E-state index is 4.55. The first kappa shape index (κ1) is 11.2. The zero-order valence-electron chi connectivity index (χ0n) is 11.5. The highest BCUT2D eigenvalue weighted by molar-refractivity contribution is 5.41. The first-order chi connectivity index (χ1) is 7.82. The molecular formula is C15H22N2. The fourth-order valence-corrected chi connectivity index (χ4v) is 3.70. The third kappa shape index (κ3) is 1.39. The topological polar surface area (TPSA) is 25.8 Å². The largest absolute Gasteiger partial charge is 0.155 e. The second kappa shape index (κ2) is 3.09. The number of hydrogen-bond donors (Lipinski definition) is 0. The molecule has 2 heteroatoms. The standard InChI is InChI=1S/C15H22N2/c1-14(2,3)12-8-9-10-6-7-11(15(10,4)5)13(9)17-16-12/h8,10-11H,6-7H2,1-5H3/t10?,11-/m0/s1. The van der Waals surface area contributed by atoms with Crippen molar-refractivity contribution in [1.82, 2.24) is 10.2 Å². The first-order valence-corrected chi connectivity index (χ1v) is 6.70. The Morgan fingerprint density at radius 1 is 1.12 bits per heavy atom. The van der Waals surface area contributed by atoms with Gasteiger partial charge in [-0.3, -0.25) is 0 Å². The molecule has 0 saturated heterocycles. The zero-order chi connectivity index (χ0) is 12.4. The molecule has 0 radical (unpaired) electrons. The van der Waals surface area contributed by atoms with E-state index in [1.807, 2.05) is 0 Å². The van der Waals surface area contributed by atoms with Gasteiger partial charge in [-0.2, -0.15) is 10.2 Å². The van der Waals surface area contributed by atoms with Crippen LogP contribution in [0.25, 0.3) is 0 Å². The van der Waals surface area contributed by atoms with Crippen LogP contribution < -0.4 is 0 Å². The van der Waals surface area contributed by atoms with Gasteiger partial charge in [-0.25, -0.2) is 0 Å². The molecule has 0 aromatic carbocycles. The molecule has 0 spiro atoms. The Balaban J connectivity index is 2.12. The first-order valence-electron chi connectivity index (χ1n) is 6.70. The van der Waals surface area contributed by atoms with E-state index >= 15 is 0 Å². The van der Waals surface area contributed by atoms with Crippen molar-refractivity contribution >= 4 is 0 Å². The number of hydrogen-bond acceptors (Lipinski definition) is 2. The summed E-state index contributed by atoms with van der Waals surface area (Å²) in [5.74, 6) is 1.35. The second-order valence-corrected chi connectivity index (χ2v) is 7.32. The lowest BCUT2D eigenvalue weighted by Gasteiger charge is -2.23. The Bertz CT molecular complexity index is 468. The summed E-state index contributed by atoms with van der Waals surface area (Å²) in [6.07, 6.45) is 2.63. The van der Waals surface area contributed by atoms with Gasteiger partial charge in [-0.1, -0.05) is 34.6 Å². The molecule has 2 aliphatic rings. The summed E-state index contributed by atoms with van der Waals surface area (Å²) in [5, 5.41) is 9.01. The quantitative estimate of drug-likeness (QED) is 0.678. The van der Waals surface area contributed by atoms with E-state index in [4.69, 9.17) is 0 Å². The minimum atomic E-state index is 0.105. The summed E-state index contributed by atoms with van der Waals surface area (Å²) in [6.45, 7) is 11.4. The molecule has 92 valence electrons. The maximum Gasteiger partial charge on any atom is 0.0702 e. The number of rotatable bonds is 0. The van der Waals surface area contributed by atoms with Gasteiger partial charge >= 0.3 is 0 Å². The summed E-state index contributed by atoms with van der Waals surface area (Å²) in [7, 11) is 0. The maximum atomic E-state index is 4.55. The number of fused-ring (bicyclic) bond motifs is 5. The normalized spacial score (nSPS) is 29.5. The molecule has 2 bridgehead atoms. The summed E-state index contributed by atoms with van der Waals surface area (Å²) >= 11 is 0.